The number of fused-ring (bicyclic) bond motifs is 1. The third kappa shape index (κ3) is 0.895. The summed E-state index contributed by atoms with van der Waals surface area (Å²) in [5.74, 6) is 0. The Balaban J connectivity index is 2.68. The maximum absolute atomic E-state index is 10.3. The van der Waals surface area contributed by atoms with Crippen LogP contribution in [0.5, 0.6) is 0 Å². The van der Waals surface area contributed by atoms with Gasteiger partial charge >= 0.3 is 0 Å². The molecule has 1 aromatic heterocycles. The Kier molecular flexibility index (Phi) is 1.26. The van der Waals surface area contributed by atoms with Crippen LogP contribution in [0.15, 0.2) is 22.7 Å². The molecule has 2 aromatic rings. The molecule has 0 saturated heterocycles. The molecule has 0 bridgehead atoms. The molecule has 6 nitrogen and oxygen atoms in total. The van der Waals surface area contributed by atoms with Crippen LogP contribution in [0.4, 0.5) is 5.69 Å². The van der Waals surface area contributed by atoms with Gasteiger partial charge in [-0.1, -0.05) is 0 Å². The van der Waals surface area contributed by atoms with Crippen LogP contribution in [0.25, 0.3) is 11.1 Å². The molecule has 0 saturated carbocycles. The van der Waals surface area contributed by atoms with Gasteiger partial charge in [0.25, 0.3) is 5.69 Å². The first-order valence-electron chi connectivity index (χ1n) is 3.14. The van der Waals surface area contributed by atoms with E-state index in [1.54, 1.807) is 0 Å². The number of hydrogen-bond acceptors (Lipinski definition) is 5. The molecule has 6 heteroatoms. The zero-order valence-electron chi connectivity index (χ0n) is 5.80. The van der Waals surface area contributed by atoms with Crippen LogP contribution in [-0.2, 0) is 0 Å². The number of nitro groups is 1. The van der Waals surface area contributed by atoms with Gasteiger partial charge in [0.1, 0.15) is 5.52 Å². The Bertz CT molecular complexity index is 436. The van der Waals surface area contributed by atoms with E-state index in [4.69, 9.17) is 0 Å². The van der Waals surface area contributed by atoms with Crippen molar-refractivity contribution in [3.63, 3.8) is 0 Å². The number of benzene rings is 1. The van der Waals surface area contributed by atoms with E-state index in [9.17, 15) is 10.1 Å². The van der Waals surface area contributed by atoms with E-state index in [-0.39, 0.29) is 5.69 Å². The standard InChI is InChI=1S/C6H3N3O3/c10-9(11)4-1-2-6-5(3-4)7-8-12-6/h1-3H. The summed E-state index contributed by atoms with van der Waals surface area (Å²) in [4.78, 5) is 9.80. The van der Waals surface area contributed by atoms with E-state index < -0.39 is 4.92 Å². The second-order valence-electron chi connectivity index (χ2n) is 2.18. The Morgan fingerprint density at radius 3 is 3.08 bits per heavy atom. The number of rotatable bonds is 1. The molecular formula is C6H3N3O3. The molecule has 0 atom stereocenters. The van der Waals surface area contributed by atoms with E-state index >= 15 is 0 Å². The van der Waals surface area contributed by atoms with E-state index in [0.29, 0.717) is 11.1 Å². The van der Waals surface area contributed by atoms with Crippen molar-refractivity contribution in [2.45, 2.75) is 0 Å². The smallest absolute Gasteiger partial charge is 0.271 e. The third-order valence-electron chi connectivity index (χ3n) is 1.44. The van der Waals surface area contributed by atoms with Crippen molar-refractivity contribution in [2.24, 2.45) is 0 Å². The zero-order valence-corrected chi connectivity index (χ0v) is 5.80. The molecule has 1 heterocycles. The highest BCUT2D eigenvalue weighted by Gasteiger charge is 2.08. The molecule has 0 aliphatic carbocycles. The minimum atomic E-state index is -0.492. The molecule has 60 valence electrons. The summed E-state index contributed by atoms with van der Waals surface area (Å²) in [6, 6.07) is 4.12. The zero-order chi connectivity index (χ0) is 8.55. The largest absolute Gasteiger partial charge is 0.337 e. The second kappa shape index (κ2) is 2.26. The Morgan fingerprint density at radius 1 is 1.50 bits per heavy atom. The average molecular weight is 165 g/mol. The van der Waals surface area contributed by atoms with Gasteiger partial charge in [-0.15, -0.1) is 5.10 Å². The minimum absolute atomic E-state index is 0.0156. The summed E-state index contributed by atoms with van der Waals surface area (Å²) in [5, 5.41) is 17.1. The predicted octanol–water partition coefficient (Wildman–Crippen LogP) is 1.13. The van der Waals surface area contributed by atoms with Crippen molar-refractivity contribution >= 4 is 16.8 Å². The number of non-ortho nitro benzene ring substituents is 1. The van der Waals surface area contributed by atoms with Crippen LogP contribution in [-0.4, -0.2) is 15.3 Å². The maximum atomic E-state index is 10.3. The first-order valence-corrected chi connectivity index (χ1v) is 3.14. The van der Waals surface area contributed by atoms with E-state index in [1.165, 1.54) is 18.2 Å². The summed E-state index contributed by atoms with van der Waals surface area (Å²) < 4.78 is 4.67. The quantitative estimate of drug-likeness (QED) is 0.467. The van der Waals surface area contributed by atoms with Gasteiger partial charge < -0.3 is 4.52 Å². The van der Waals surface area contributed by atoms with Gasteiger partial charge in [0.05, 0.1) is 4.92 Å². The fraction of sp³-hybridized carbons (Fsp3) is 0. The highest BCUT2D eigenvalue weighted by molar-refractivity contribution is 5.74. The maximum Gasteiger partial charge on any atom is 0.271 e. The van der Waals surface area contributed by atoms with Crippen molar-refractivity contribution in [1.29, 1.82) is 0 Å². The average Bonchev–Trinajstić information content (AvgIpc) is 2.49. The van der Waals surface area contributed by atoms with Gasteiger partial charge in [0, 0.05) is 17.4 Å². The lowest BCUT2D eigenvalue weighted by molar-refractivity contribution is -0.384. The lowest BCUT2D eigenvalue weighted by Gasteiger charge is -1.87. The van der Waals surface area contributed by atoms with Gasteiger partial charge in [-0.3, -0.25) is 10.1 Å². The lowest BCUT2D eigenvalue weighted by Crippen LogP contribution is -1.86. The topological polar surface area (TPSA) is 82.1 Å². The minimum Gasteiger partial charge on any atom is -0.337 e. The Morgan fingerprint density at radius 2 is 2.33 bits per heavy atom. The van der Waals surface area contributed by atoms with Crippen LogP contribution in [0.2, 0.25) is 0 Å². The predicted molar refractivity (Wildman–Crippen MR) is 38.5 cm³/mol. The van der Waals surface area contributed by atoms with Gasteiger partial charge in [-0.05, 0) is 6.07 Å². The second-order valence-corrected chi connectivity index (χ2v) is 2.18. The van der Waals surface area contributed by atoms with Gasteiger partial charge in [0.2, 0.25) is 0 Å². The Labute approximate surface area is 65.9 Å². The fourth-order valence-electron chi connectivity index (χ4n) is 0.883. The van der Waals surface area contributed by atoms with Crippen molar-refractivity contribution < 1.29 is 9.45 Å². The van der Waals surface area contributed by atoms with E-state index in [0.717, 1.165) is 0 Å². The van der Waals surface area contributed by atoms with Crippen molar-refractivity contribution in [3.05, 3.63) is 28.3 Å². The molecule has 0 aliphatic rings. The molecule has 0 aliphatic heterocycles. The molecule has 12 heavy (non-hydrogen) atoms. The van der Waals surface area contributed by atoms with Crippen molar-refractivity contribution in [2.75, 3.05) is 0 Å². The van der Waals surface area contributed by atoms with Crippen LogP contribution in [0.3, 0.4) is 0 Å². The van der Waals surface area contributed by atoms with Crippen LogP contribution < -0.4 is 0 Å². The summed E-state index contributed by atoms with van der Waals surface area (Å²) in [7, 11) is 0. The summed E-state index contributed by atoms with van der Waals surface area (Å²) >= 11 is 0. The van der Waals surface area contributed by atoms with Gasteiger partial charge in [-0.25, -0.2) is 0 Å². The third-order valence-corrected chi connectivity index (χ3v) is 1.44. The molecule has 0 fully saturated rings. The number of aromatic nitrogens is 2. The van der Waals surface area contributed by atoms with E-state index in [1.807, 2.05) is 0 Å². The van der Waals surface area contributed by atoms with Gasteiger partial charge in [0.15, 0.2) is 5.58 Å². The number of nitro benzene ring substituents is 1. The summed E-state index contributed by atoms with van der Waals surface area (Å²) in [5.41, 5.74) is 0.822. The van der Waals surface area contributed by atoms with Crippen molar-refractivity contribution in [1.82, 2.24) is 10.4 Å². The molecule has 0 radical (unpaired) electrons. The highest BCUT2D eigenvalue weighted by Crippen LogP contribution is 2.17. The SMILES string of the molecule is O=[N+]([O-])c1ccc2onnc2c1. The normalized spacial score (nSPS) is 10.3. The van der Waals surface area contributed by atoms with Crippen molar-refractivity contribution in [3.8, 4) is 0 Å². The lowest BCUT2D eigenvalue weighted by atomic mass is 10.3. The first-order chi connectivity index (χ1) is 5.77. The van der Waals surface area contributed by atoms with Gasteiger partial charge in [-0.2, -0.15) is 0 Å². The molecular weight excluding hydrogens is 162 g/mol. The monoisotopic (exact) mass is 165 g/mol. The Hall–Kier alpha value is -1.98. The first kappa shape index (κ1) is 6.71. The molecule has 1 aromatic carbocycles. The summed E-state index contributed by atoms with van der Waals surface area (Å²) in [6.07, 6.45) is 0. The molecule has 0 N–H and O–H groups in total. The molecule has 0 spiro atoms. The fourth-order valence-corrected chi connectivity index (χ4v) is 0.883. The molecule has 2 rings (SSSR count). The number of hydrogen-bond donors (Lipinski definition) is 0. The van der Waals surface area contributed by atoms with E-state index in [2.05, 4.69) is 14.9 Å². The highest BCUT2D eigenvalue weighted by atomic mass is 16.6. The molecule has 0 unspecified atom stereocenters. The van der Waals surface area contributed by atoms with Crippen LogP contribution >= 0.6 is 0 Å². The number of nitrogens with zero attached hydrogens (tertiary/aromatic N) is 3. The summed E-state index contributed by atoms with van der Waals surface area (Å²) in [6.45, 7) is 0. The molecule has 0 amide bonds. The van der Waals surface area contributed by atoms with Crippen LogP contribution in [0.1, 0.15) is 0 Å². The van der Waals surface area contributed by atoms with Crippen LogP contribution in [0, 0.1) is 10.1 Å².